The molecule has 0 aliphatic carbocycles. The zero-order valence-electron chi connectivity index (χ0n) is 11.6. The zero-order valence-corrected chi connectivity index (χ0v) is 11.6. The van der Waals surface area contributed by atoms with Crippen molar-refractivity contribution < 1.29 is 4.39 Å². The quantitative estimate of drug-likeness (QED) is 0.851. The summed E-state index contributed by atoms with van der Waals surface area (Å²) in [5.41, 5.74) is 10.3. The molecule has 0 heterocycles. The average Bonchev–Trinajstić information content (AvgIpc) is 2.33. The number of rotatable bonds is 3. The summed E-state index contributed by atoms with van der Waals surface area (Å²) in [6.45, 7) is 4.57. The smallest absolute Gasteiger partial charge is 0.128 e. The molecule has 0 bridgehead atoms. The number of anilines is 2. The summed E-state index contributed by atoms with van der Waals surface area (Å²) >= 11 is 0. The Morgan fingerprint density at radius 1 is 1.16 bits per heavy atom. The topological polar surface area (TPSA) is 29.3 Å². The Labute approximate surface area is 113 Å². The Balaban J connectivity index is 2.25. The van der Waals surface area contributed by atoms with Crippen LogP contribution in [0.4, 0.5) is 15.8 Å². The third kappa shape index (κ3) is 3.05. The average molecular weight is 258 g/mol. The summed E-state index contributed by atoms with van der Waals surface area (Å²) in [7, 11) is 1.96. The van der Waals surface area contributed by atoms with E-state index in [1.54, 1.807) is 13.0 Å². The Bertz CT molecular complexity index is 593. The van der Waals surface area contributed by atoms with Crippen LogP contribution in [0.1, 0.15) is 16.7 Å². The number of hydrogen-bond acceptors (Lipinski definition) is 2. The number of aryl methyl sites for hydroxylation is 2. The van der Waals surface area contributed by atoms with E-state index in [1.807, 2.05) is 18.0 Å². The van der Waals surface area contributed by atoms with Crippen molar-refractivity contribution in [1.82, 2.24) is 0 Å². The first kappa shape index (κ1) is 13.4. The van der Waals surface area contributed by atoms with Crippen LogP contribution in [-0.4, -0.2) is 7.05 Å². The molecule has 2 rings (SSSR count). The van der Waals surface area contributed by atoms with Gasteiger partial charge in [0.05, 0.1) is 11.4 Å². The van der Waals surface area contributed by atoms with E-state index in [2.05, 4.69) is 25.1 Å². The molecule has 0 aliphatic rings. The minimum absolute atomic E-state index is 0.259. The molecule has 2 N–H and O–H groups in total. The van der Waals surface area contributed by atoms with E-state index in [4.69, 9.17) is 5.73 Å². The lowest BCUT2D eigenvalue weighted by Crippen LogP contribution is -2.18. The van der Waals surface area contributed by atoms with Crippen molar-refractivity contribution in [3.05, 3.63) is 58.9 Å². The molecule has 0 fully saturated rings. The summed E-state index contributed by atoms with van der Waals surface area (Å²) in [5, 5.41) is 0. The van der Waals surface area contributed by atoms with Gasteiger partial charge >= 0.3 is 0 Å². The standard InChI is InChI=1S/C16H19FN2/c1-11-5-4-6-13(7-11)10-19(3)16-8-12(2)14(17)9-15(16)18/h4-9H,10,18H2,1-3H3. The lowest BCUT2D eigenvalue weighted by Gasteiger charge is -2.22. The van der Waals surface area contributed by atoms with Gasteiger partial charge in [0.25, 0.3) is 0 Å². The predicted octanol–water partition coefficient (Wildman–Crippen LogP) is 3.66. The molecule has 0 saturated heterocycles. The van der Waals surface area contributed by atoms with Gasteiger partial charge in [-0.1, -0.05) is 29.8 Å². The van der Waals surface area contributed by atoms with Crippen LogP contribution in [0.15, 0.2) is 36.4 Å². The van der Waals surface area contributed by atoms with Crippen LogP contribution in [0.2, 0.25) is 0 Å². The summed E-state index contributed by atoms with van der Waals surface area (Å²) in [6, 6.07) is 11.5. The third-order valence-corrected chi connectivity index (χ3v) is 3.22. The molecule has 3 heteroatoms. The van der Waals surface area contributed by atoms with Gasteiger partial charge < -0.3 is 10.6 Å². The Kier molecular flexibility index (Phi) is 3.74. The van der Waals surface area contributed by atoms with E-state index in [-0.39, 0.29) is 5.82 Å². The molecular weight excluding hydrogens is 239 g/mol. The van der Waals surface area contributed by atoms with Gasteiger partial charge in [0, 0.05) is 13.6 Å². The number of nitrogens with two attached hydrogens (primary N) is 1. The minimum atomic E-state index is -0.259. The lowest BCUT2D eigenvalue weighted by molar-refractivity contribution is 0.619. The molecule has 2 aromatic carbocycles. The van der Waals surface area contributed by atoms with Crippen LogP contribution in [-0.2, 0) is 6.54 Å². The van der Waals surface area contributed by atoms with Crippen molar-refractivity contribution in [1.29, 1.82) is 0 Å². The molecule has 0 unspecified atom stereocenters. The highest BCUT2D eigenvalue weighted by Crippen LogP contribution is 2.26. The van der Waals surface area contributed by atoms with E-state index in [0.29, 0.717) is 11.3 Å². The van der Waals surface area contributed by atoms with Gasteiger partial charge in [0.1, 0.15) is 5.82 Å². The first-order valence-corrected chi connectivity index (χ1v) is 6.29. The molecule has 100 valence electrons. The fraction of sp³-hybridized carbons (Fsp3) is 0.250. The second kappa shape index (κ2) is 5.31. The zero-order chi connectivity index (χ0) is 14.0. The van der Waals surface area contributed by atoms with E-state index in [1.165, 1.54) is 17.2 Å². The van der Waals surface area contributed by atoms with Gasteiger partial charge in [-0.3, -0.25) is 0 Å². The Morgan fingerprint density at radius 3 is 2.58 bits per heavy atom. The van der Waals surface area contributed by atoms with Crippen LogP contribution < -0.4 is 10.6 Å². The third-order valence-electron chi connectivity index (χ3n) is 3.22. The van der Waals surface area contributed by atoms with Crippen LogP contribution in [0.5, 0.6) is 0 Å². The summed E-state index contributed by atoms with van der Waals surface area (Å²) in [6.07, 6.45) is 0. The van der Waals surface area contributed by atoms with Crippen LogP contribution in [0, 0.1) is 19.7 Å². The van der Waals surface area contributed by atoms with Crippen molar-refractivity contribution in [2.75, 3.05) is 17.7 Å². The highest BCUT2D eigenvalue weighted by atomic mass is 19.1. The molecule has 0 aromatic heterocycles. The number of benzene rings is 2. The van der Waals surface area contributed by atoms with Crippen LogP contribution in [0.3, 0.4) is 0 Å². The Hall–Kier alpha value is -2.03. The summed E-state index contributed by atoms with van der Waals surface area (Å²) < 4.78 is 13.4. The first-order valence-electron chi connectivity index (χ1n) is 6.29. The van der Waals surface area contributed by atoms with E-state index < -0.39 is 0 Å². The van der Waals surface area contributed by atoms with Gasteiger partial charge in [-0.05, 0) is 37.1 Å². The van der Waals surface area contributed by atoms with Gasteiger partial charge in [-0.25, -0.2) is 4.39 Å². The molecule has 0 amide bonds. The molecule has 0 saturated carbocycles. The fourth-order valence-corrected chi connectivity index (χ4v) is 2.18. The number of nitrogen functional groups attached to an aromatic ring is 1. The molecule has 0 radical (unpaired) electrons. The van der Waals surface area contributed by atoms with Gasteiger partial charge in [-0.15, -0.1) is 0 Å². The molecule has 0 aliphatic heterocycles. The molecule has 19 heavy (non-hydrogen) atoms. The monoisotopic (exact) mass is 258 g/mol. The SMILES string of the molecule is Cc1cccc(CN(C)c2cc(C)c(F)cc2N)c1. The van der Waals surface area contributed by atoms with Crippen molar-refractivity contribution in [2.45, 2.75) is 20.4 Å². The number of halogens is 1. The largest absolute Gasteiger partial charge is 0.397 e. The lowest BCUT2D eigenvalue weighted by atomic mass is 10.1. The van der Waals surface area contributed by atoms with Gasteiger partial charge in [0.2, 0.25) is 0 Å². The molecule has 2 aromatic rings. The molecule has 0 atom stereocenters. The van der Waals surface area contributed by atoms with E-state index >= 15 is 0 Å². The van der Waals surface area contributed by atoms with Crippen molar-refractivity contribution in [3.63, 3.8) is 0 Å². The van der Waals surface area contributed by atoms with Crippen LogP contribution in [0.25, 0.3) is 0 Å². The number of nitrogens with zero attached hydrogens (tertiary/aromatic N) is 1. The van der Waals surface area contributed by atoms with E-state index in [0.717, 1.165) is 12.2 Å². The van der Waals surface area contributed by atoms with Crippen LogP contribution >= 0.6 is 0 Å². The number of hydrogen-bond donors (Lipinski definition) is 1. The molecule has 2 nitrogen and oxygen atoms in total. The fourth-order valence-electron chi connectivity index (χ4n) is 2.18. The second-order valence-electron chi connectivity index (χ2n) is 5.01. The van der Waals surface area contributed by atoms with Crippen molar-refractivity contribution >= 4 is 11.4 Å². The predicted molar refractivity (Wildman–Crippen MR) is 78.8 cm³/mol. The highest BCUT2D eigenvalue weighted by molar-refractivity contribution is 5.68. The van der Waals surface area contributed by atoms with Crippen molar-refractivity contribution in [2.24, 2.45) is 0 Å². The summed E-state index contributed by atoms with van der Waals surface area (Å²) in [4.78, 5) is 2.04. The maximum atomic E-state index is 13.4. The minimum Gasteiger partial charge on any atom is -0.397 e. The summed E-state index contributed by atoms with van der Waals surface area (Å²) in [5.74, 6) is -0.259. The first-order chi connectivity index (χ1) is 8.97. The van der Waals surface area contributed by atoms with E-state index in [9.17, 15) is 4.39 Å². The second-order valence-corrected chi connectivity index (χ2v) is 5.01. The van der Waals surface area contributed by atoms with Crippen molar-refractivity contribution in [3.8, 4) is 0 Å². The molecular formula is C16H19FN2. The maximum absolute atomic E-state index is 13.4. The normalized spacial score (nSPS) is 10.5. The van der Waals surface area contributed by atoms with Gasteiger partial charge in [0.15, 0.2) is 0 Å². The maximum Gasteiger partial charge on any atom is 0.128 e. The Morgan fingerprint density at radius 2 is 1.89 bits per heavy atom. The highest BCUT2D eigenvalue weighted by Gasteiger charge is 2.09. The van der Waals surface area contributed by atoms with Gasteiger partial charge in [-0.2, -0.15) is 0 Å². The molecule has 0 spiro atoms.